The number of rotatable bonds is 5. The molecule has 8 nitrogen and oxygen atoms in total. The number of urea groups is 1. The molecule has 1 N–H and O–H groups in total. The maximum Gasteiger partial charge on any atom is 0.321 e. The van der Waals surface area contributed by atoms with E-state index in [1.807, 2.05) is 24.3 Å². The largest absolute Gasteiger partial charge is 0.496 e. The molecule has 0 aliphatic carbocycles. The summed E-state index contributed by atoms with van der Waals surface area (Å²) in [6, 6.07) is 12.3. The molecule has 2 aromatic carbocycles. The summed E-state index contributed by atoms with van der Waals surface area (Å²) in [5.74, 6) is 2.15. The minimum atomic E-state index is -0.244. The van der Waals surface area contributed by atoms with E-state index in [4.69, 9.17) is 25.6 Å². The second-order valence-corrected chi connectivity index (χ2v) is 6.97. The van der Waals surface area contributed by atoms with Gasteiger partial charge in [-0.15, -0.1) is 0 Å². The molecule has 1 fully saturated rings. The Hall–Kier alpha value is -3.26. The number of benzene rings is 2. The van der Waals surface area contributed by atoms with E-state index in [0.29, 0.717) is 47.0 Å². The zero-order valence-electron chi connectivity index (χ0n) is 15.9. The van der Waals surface area contributed by atoms with Crippen LogP contribution in [0, 0.1) is 0 Å². The molecule has 1 aliphatic heterocycles. The van der Waals surface area contributed by atoms with Crippen LogP contribution in [0.1, 0.15) is 11.8 Å². The summed E-state index contributed by atoms with van der Waals surface area (Å²) in [4.78, 5) is 18.6. The number of likely N-dealkylation sites (tertiary alicyclic amines) is 1. The Kier molecular flexibility index (Phi) is 5.26. The van der Waals surface area contributed by atoms with Crippen molar-refractivity contribution in [2.24, 2.45) is 0 Å². The van der Waals surface area contributed by atoms with E-state index in [2.05, 4.69) is 15.5 Å². The van der Waals surface area contributed by atoms with Crippen molar-refractivity contribution in [3.8, 4) is 22.9 Å². The fourth-order valence-corrected chi connectivity index (χ4v) is 3.28. The lowest BCUT2D eigenvalue weighted by molar-refractivity contribution is 0.147. The molecule has 9 heteroatoms. The summed E-state index contributed by atoms with van der Waals surface area (Å²) in [5.41, 5.74) is 1.27. The molecule has 2 heterocycles. The topological polar surface area (TPSA) is 89.7 Å². The number of hydrogen-bond donors (Lipinski definition) is 1. The quantitative estimate of drug-likeness (QED) is 0.677. The number of aromatic nitrogens is 2. The smallest absolute Gasteiger partial charge is 0.321 e. The number of ether oxygens (including phenoxy) is 2. The molecular formula is C20H19ClN4O4. The lowest BCUT2D eigenvalue weighted by Gasteiger charge is -2.36. The average molecular weight is 415 g/mol. The summed E-state index contributed by atoms with van der Waals surface area (Å²) < 4.78 is 16.0. The van der Waals surface area contributed by atoms with Gasteiger partial charge in [-0.05, 0) is 30.3 Å². The molecule has 0 unspecified atom stereocenters. The standard InChI is InChI=1S/C20H19ClN4O4/c1-27-16-6-4-3-5-14(16)18-23-19(29-24-18)12-10-25(11-12)20(26)22-15-9-13(21)7-8-17(15)28-2/h3-9,12H,10-11H2,1-2H3,(H,22,26). The number of carbonyl (C=O) groups is 1. The molecule has 1 aromatic heterocycles. The fraction of sp³-hybridized carbons (Fsp3) is 0.250. The van der Waals surface area contributed by atoms with Gasteiger partial charge < -0.3 is 24.2 Å². The molecule has 2 amide bonds. The van der Waals surface area contributed by atoms with E-state index in [1.54, 1.807) is 30.2 Å². The number of nitrogens with one attached hydrogen (secondary N) is 1. The second kappa shape index (κ2) is 8.00. The van der Waals surface area contributed by atoms with Crippen LogP contribution in [-0.4, -0.2) is 48.4 Å². The maximum atomic E-state index is 12.5. The lowest BCUT2D eigenvalue weighted by Crippen LogP contribution is -2.50. The van der Waals surface area contributed by atoms with Crippen molar-refractivity contribution in [3.05, 3.63) is 53.4 Å². The molecule has 0 atom stereocenters. The van der Waals surface area contributed by atoms with Gasteiger partial charge in [-0.2, -0.15) is 4.98 Å². The Balaban J connectivity index is 1.40. The highest BCUT2D eigenvalue weighted by Gasteiger charge is 2.36. The lowest BCUT2D eigenvalue weighted by atomic mass is 10.0. The zero-order valence-corrected chi connectivity index (χ0v) is 16.6. The molecule has 0 radical (unpaired) electrons. The molecule has 0 bridgehead atoms. The van der Waals surface area contributed by atoms with Crippen molar-refractivity contribution in [1.82, 2.24) is 15.0 Å². The predicted octanol–water partition coefficient (Wildman–Crippen LogP) is 4.04. The first kappa shape index (κ1) is 19.1. The Morgan fingerprint density at radius 3 is 2.69 bits per heavy atom. The summed E-state index contributed by atoms with van der Waals surface area (Å²) in [6.45, 7) is 0.949. The highest BCUT2D eigenvalue weighted by atomic mass is 35.5. The summed E-state index contributed by atoms with van der Waals surface area (Å²) in [6.07, 6.45) is 0. The number of halogens is 1. The third-order valence-corrected chi connectivity index (χ3v) is 4.95. The highest BCUT2D eigenvalue weighted by molar-refractivity contribution is 6.31. The monoisotopic (exact) mass is 414 g/mol. The third kappa shape index (κ3) is 3.84. The minimum Gasteiger partial charge on any atom is -0.496 e. The summed E-state index contributed by atoms with van der Waals surface area (Å²) in [5, 5.41) is 7.38. The van der Waals surface area contributed by atoms with Crippen LogP contribution in [-0.2, 0) is 0 Å². The van der Waals surface area contributed by atoms with Crippen molar-refractivity contribution in [1.29, 1.82) is 0 Å². The van der Waals surface area contributed by atoms with Crippen LogP contribution in [0.15, 0.2) is 47.0 Å². The van der Waals surface area contributed by atoms with Gasteiger partial charge in [0.05, 0.1) is 31.4 Å². The van der Waals surface area contributed by atoms with Crippen LogP contribution >= 0.6 is 11.6 Å². The molecule has 1 saturated heterocycles. The van der Waals surface area contributed by atoms with Gasteiger partial charge in [0.1, 0.15) is 11.5 Å². The number of amides is 2. The molecule has 29 heavy (non-hydrogen) atoms. The van der Waals surface area contributed by atoms with Crippen molar-refractivity contribution in [2.75, 3.05) is 32.6 Å². The Bertz CT molecular complexity index is 1030. The van der Waals surface area contributed by atoms with Gasteiger partial charge in [0.25, 0.3) is 0 Å². The van der Waals surface area contributed by atoms with Crippen LogP contribution in [0.25, 0.3) is 11.4 Å². The van der Waals surface area contributed by atoms with Crippen LogP contribution in [0.3, 0.4) is 0 Å². The van der Waals surface area contributed by atoms with Crippen molar-refractivity contribution < 1.29 is 18.8 Å². The predicted molar refractivity (Wildman–Crippen MR) is 108 cm³/mol. The van der Waals surface area contributed by atoms with Gasteiger partial charge in [0.2, 0.25) is 11.7 Å². The number of nitrogens with zero attached hydrogens (tertiary/aromatic N) is 3. The van der Waals surface area contributed by atoms with Gasteiger partial charge in [-0.1, -0.05) is 28.9 Å². The Labute approximate surface area is 172 Å². The molecule has 4 rings (SSSR count). The van der Waals surface area contributed by atoms with Gasteiger partial charge in [0.15, 0.2) is 0 Å². The Morgan fingerprint density at radius 2 is 1.93 bits per heavy atom. The number of methoxy groups -OCH3 is 2. The normalized spacial score (nSPS) is 13.7. The maximum absolute atomic E-state index is 12.5. The third-order valence-electron chi connectivity index (χ3n) is 4.71. The van der Waals surface area contributed by atoms with E-state index in [9.17, 15) is 4.79 Å². The van der Waals surface area contributed by atoms with E-state index >= 15 is 0 Å². The highest BCUT2D eigenvalue weighted by Crippen LogP contribution is 2.32. The number of hydrogen-bond acceptors (Lipinski definition) is 6. The van der Waals surface area contributed by atoms with Crippen molar-refractivity contribution >= 4 is 23.3 Å². The van der Waals surface area contributed by atoms with Gasteiger partial charge in [-0.3, -0.25) is 0 Å². The summed E-state index contributed by atoms with van der Waals surface area (Å²) >= 11 is 6.01. The molecule has 3 aromatic rings. The molecular weight excluding hydrogens is 396 g/mol. The van der Waals surface area contributed by atoms with Crippen LogP contribution < -0.4 is 14.8 Å². The first-order chi connectivity index (χ1) is 14.1. The zero-order chi connectivity index (χ0) is 20.4. The number of carbonyl (C=O) groups excluding carboxylic acids is 1. The van der Waals surface area contributed by atoms with Gasteiger partial charge >= 0.3 is 6.03 Å². The van der Waals surface area contributed by atoms with Crippen LogP contribution in [0.2, 0.25) is 5.02 Å². The van der Waals surface area contributed by atoms with E-state index < -0.39 is 0 Å². The molecule has 1 aliphatic rings. The van der Waals surface area contributed by atoms with Gasteiger partial charge in [-0.25, -0.2) is 4.79 Å². The van der Waals surface area contributed by atoms with Gasteiger partial charge in [0, 0.05) is 18.1 Å². The van der Waals surface area contributed by atoms with Crippen molar-refractivity contribution in [3.63, 3.8) is 0 Å². The number of para-hydroxylation sites is 1. The van der Waals surface area contributed by atoms with E-state index in [-0.39, 0.29) is 11.9 Å². The SMILES string of the molecule is COc1ccc(Cl)cc1NC(=O)N1CC(c2nc(-c3ccccc3OC)no2)C1. The molecule has 0 spiro atoms. The Morgan fingerprint density at radius 1 is 1.17 bits per heavy atom. The fourth-order valence-electron chi connectivity index (χ4n) is 3.11. The first-order valence-electron chi connectivity index (χ1n) is 8.95. The number of anilines is 1. The van der Waals surface area contributed by atoms with E-state index in [0.717, 1.165) is 5.56 Å². The first-order valence-corrected chi connectivity index (χ1v) is 9.33. The van der Waals surface area contributed by atoms with Crippen LogP contribution in [0.4, 0.5) is 10.5 Å². The van der Waals surface area contributed by atoms with Crippen LogP contribution in [0.5, 0.6) is 11.5 Å². The average Bonchev–Trinajstić information content (AvgIpc) is 3.16. The van der Waals surface area contributed by atoms with Crippen molar-refractivity contribution in [2.45, 2.75) is 5.92 Å². The second-order valence-electron chi connectivity index (χ2n) is 6.53. The molecule has 0 saturated carbocycles. The molecule has 150 valence electrons. The summed E-state index contributed by atoms with van der Waals surface area (Å²) in [7, 11) is 3.13. The van der Waals surface area contributed by atoms with E-state index in [1.165, 1.54) is 7.11 Å². The minimum absolute atomic E-state index is 0.0158.